The van der Waals surface area contributed by atoms with Crippen LogP contribution in [0.3, 0.4) is 0 Å². The summed E-state index contributed by atoms with van der Waals surface area (Å²) in [5, 5.41) is 42.8. The Morgan fingerprint density at radius 2 is 0.541 bits per heavy atom. The third-order valence-electron chi connectivity index (χ3n) is 3.29. The first-order chi connectivity index (χ1) is 14.8. The minimum Gasteiger partial charge on any atom is -2.00 e. The topological polar surface area (TPSA) is 227 Å². The summed E-state index contributed by atoms with van der Waals surface area (Å²) in [5.41, 5.74) is 2.82. The molecule has 2 radical (unpaired) electrons. The van der Waals surface area contributed by atoms with Crippen LogP contribution in [0.4, 0.5) is 0 Å². The number of aliphatic imine (C=N–C) groups is 4. The van der Waals surface area contributed by atoms with Crippen LogP contribution in [0.1, 0.15) is 55.4 Å². The summed E-state index contributed by atoms with van der Waals surface area (Å²) < 4.78 is 0. The minimum atomic E-state index is -0.00848. The molecule has 0 saturated heterocycles. The first kappa shape index (κ1) is 51.6. The van der Waals surface area contributed by atoms with Gasteiger partial charge in [0.15, 0.2) is 0 Å². The molecule has 0 aliphatic rings. The molecule has 0 bridgehead atoms. The summed E-state index contributed by atoms with van der Waals surface area (Å²) in [6.45, 7) is 15.2. The van der Waals surface area contributed by atoms with Crippen LogP contribution in [-0.4, -0.2) is 49.0 Å². The summed E-state index contributed by atoms with van der Waals surface area (Å²) in [6, 6.07) is 0. The maximum atomic E-state index is 10.7. The Hall–Kier alpha value is -1.96. The zero-order valence-electron chi connectivity index (χ0n) is 22.5. The number of hydrogen-bond acceptors (Lipinski definition) is 8. The molecule has 0 aromatic rings. The fourth-order valence-corrected chi connectivity index (χ4v) is 2.26. The number of hydrogen-bond donors (Lipinski definition) is 0. The molecule has 0 aliphatic carbocycles. The van der Waals surface area contributed by atoms with Gasteiger partial charge >= 0.3 is 0 Å². The molecule has 13 heteroatoms. The van der Waals surface area contributed by atoms with Crippen molar-refractivity contribution in [1.82, 2.24) is 0 Å². The van der Waals surface area contributed by atoms with E-state index in [0.29, 0.717) is 49.0 Å². The summed E-state index contributed by atoms with van der Waals surface area (Å²) in [6.07, 6.45) is 5.94. The molecule has 0 aromatic heterocycles. The van der Waals surface area contributed by atoms with Crippen molar-refractivity contribution in [2.75, 3.05) is 26.2 Å². The Kier molecular flexibility index (Phi) is 44.8. The monoisotopic (exact) mass is 866 g/mol. The Bertz CT molecular complexity index is 681. The van der Waals surface area contributed by atoms with E-state index in [-0.39, 0.29) is 80.3 Å². The molecule has 0 aromatic carbocycles. The SMILES string of the molecule is CC(/C=C(/C)[O-])=NCCN=C(C)/C=C(/C)[O-].CC(/C=C(/C)[O-])=NCCN=C(C)/C=C(/C)[O-].[O-2].[O-2].[O-2].[Re].[Re]. The Morgan fingerprint density at radius 3 is 0.649 bits per heavy atom. The molecule has 0 N–H and O–H groups in total. The van der Waals surface area contributed by atoms with E-state index in [2.05, 4.69) is 20.0 Å². The summed E-state index contributed by atoms with van der Waals surface area (Å²) in [7, 11) is 0. The van der Waals surface area contributed by atoms with Crippen LogP contribution >= 0.6 is 0 Å². The molecule has 0 atom stereocenters. The van der Waals surface area contributed by atoms with Gasteiger partial charge in [0, 0.05) is 63.7 Å². The van der Waals surface area contributed by atoms with Crippen LogP contribution in [0.5, 0.6) is 0 Å². The summed E-state index contributed by atoms with van der Waals surface area (Å²) in [5.74, 6) is -0.0339. The van der Waals surface area contributed by atoms with Gasteiger partial charge in [-0.3, -0.25) is 20.0 Å². The number of rotatable bonds is 10. The zero-order chi connectivity index (χ0) is 25.1. The normalized spacial score (nSPS) is 13.4. The van der Waals surface area contributed by atoms with Gasteiger partial charge in [0.2, 0.25) is 0 Å². The van der Waals surface area contributed by atoms with E-state index in [4.69, 9.17) is 0 Å². The molecule has 0 aliphatic heterocycles. The smallest absolute Gasteiger partial charge is 0.0588 e. The van der Waals surface area contributed by atoms with Crippen molar-refractivity contribution in [2.24, 2.45) is 20.0 Å². The van der Waals surface area contributed by atoms with Crippen molar-refractivity contribution in [3.8, 4) is 0 Å². The van der Waals surface area contributed by atoms with Crippen LogP contribution in [0.15, 0.2) is 67.3 Å². The van der Waals surface area contributed by atoms with Gasteiger partial charge in [-0.2, -0.15) is 0 Å². The van der Waals surface area contributed by atoms with E-state index >= 15 is 0 Å². The molecule has 0 rings (SSSR count). The first-order valence-corrected chi connectivity index (χ1v) is 10.3. The van der Waals surface area contributed by atoms with E-state index in [1.165, 1.54) is 52.0 Å². The number of allylic oxidation sites excluding steroid dienone is 8. The standard InChI is InChI=1S/2C12H20N2O2.3O.2Re/c2*1-9(7-11(3)15)13-5-6-14-10(2)8-12(4)16;;;;;/h2*7-8,15-16H,5-6H2,1-4H3;;;;;/q;;3*-2;;/p-4/b2*11-7-,12-8-,13-9?,14-10?;;;;;. The van der Waals surface area contributed by atoms with Crippen molar-refractivity contribution in [3.05, 3.63) is 47.3 Å². The Balaban J connectivity index is -0.0000000857. The van der Waals surface area contributed by atoms with Crippen molar-refractivity contribution in [1.29, 1.82) is 0 Å². The second-order valence-electron chi connectivity index (χ2n) is 7.11. The third-order valence-corrected chi connectivity index (χ3v) is 3.29. The van der Waals surface area contributed by atoms with Crippen LogP contribution in [0.2, 0.25) is 0 Å². The summed E-state index contributed by atoms with van der Waals surface area (Å²) in [4.78, 5) is 16.6. The zero-order valence-corrected chi connectivity index (χ0v) is 28.0. The molecule has 0 spiro atoms. The van der Waals surface area contributed by atoms with Gasteiger partial charge in [0.1, 0.15) is 0 Å². The van der Waals surface area contributed by atoms with Gasteiger partial charge in [-0.25, -0.2) is 0 Å². The van der Waals surface area contributed by atoms with Gasteiger partial charge in [-0.05, 0) is 27.7 Å². The van der Waals surface area contributed by atoms with Crippen LogP contribution < -0.4 is 20.4 Å². The van der Waals surface area contributed by atoms with Gasteiger partial charge in [0.05, 0.1) is 26.2 Å². The molecule has 0 heterocycles. The molecule has 0 saturated carbocycles. The predicted molar refractivity (Wildman–Crippen MR) is 129 cm³/mol. The predicted octanol–water partition coefficient (Wildman–Crippen LogP) is 0.511. The average Bonchev–Trinajstić information content (AvgIpc) is 2.60. The molecule has 0 fully saturated rings. The van der Waals surface area contributed by atoms with E-state index in [9.17, 15) is 20.4 Å². The van der Waals surface area contributed by atoms with Crippen LogP contribution in [-0.2, 0) is 57.3 Å². The van der Waals surface area contributed by atoms with Crippen LogP contribution in [0, 0.1) is 0 Å². The minimum absolute atomic E-state index is 0. The van der Waals surface area contributed by atoms with E-state index in [1.807, 2.05) is 0 Å². The molecule has 0 amide bonds. The second-order valence-corrected chi connectivity index (χ2v) is 7.11. The summed E-state index contributed by atoms with van der Waals surface area (Å²) >= 11 is 0. The van der Waals surface area contributed by atoms with Gasteiger partial charge in [-0.1, -0.05) is 52.0 Å². The van der Waals surface area contributed by atoms with E-state index < -0.39 is 0 Å². The van der Waals surface area contributed by atoms with Gasteiger partial charge in [-0.15, -0.1) is 23.0 Å². The van der Waals surface area contributed by atoms with E-state index in [0.717, 1.165) is 0 Å². The molecule has 37 heavy (non-hydrogen) atoms. The first-order valence-electron chi connectivity index (χ1n) is 10.3. The van der Waals surface area contributed by atoms with Gasteiger partial charge in [0.25, 0.3) is 0 Å². The fourth-order valence-electron chi connectivity index (χ4n) is 2.26. The average molecular weight is 865 g/mol. The molecular formula is C24H36N4O7Re2-10. The Morgan fingerprint density at radius 1 is 0.405 bits per heavy atom. The van der Waals surface area contributed by atoms with E-state index in [1.54, 1.807) is 27.7 Å². The quantitative estimate of drug-likeness (QED) is 0.174. The van der Waals surface area contributed by atoms with Crippen molar-refractivity contribution < 1.29 is 77.7 Å². The molecule has 0 unspecified atom stereocenters. The molecule has 218 valence electrons. The van der Waals surface area contributed by atoms with Crippen molar-refractivity contribution >= 4 is 22.8 Å². The Labute approximate surface area is 248 Å². The third kappa shape index (κ3) is 44.4. The number of nitrogens with zero attached hydrogens (tertiary/aromatic N) is 4. The fraction of sp³-hybridized carbons (Fsp3) is 0.500. The van der Waals surface area contributed by atoms with Crippen LogP contribution in [0.25, 0.3) is 0 Å². The maximum Gasteiger partial charge on any atom is 0.0588 e. The second kappa shape index (κ2) is 32.1. The molecular weight excluding hydrogens is 829 g/mol. The van der Waals surface area contributed by atoms with Crippen molar-refractivity contribution in [3.63, 3.8) is 0 Å². The maximum absolute atomic E-state index is 10.7. The largest absolute Gasteiger partial charge is 2.00 e. The molecule has 11 nitrogen and oxygen atoms in total. The van der Waals surface area contributed by atoms with Crippen molar-refractivity contribution in [2.45, 2.75) is 55.4 Å². The van der Waals surface area contributed by atoms with Gasteiger partial charge < -0.3 is 36.9 Å².